The smallest absolute Gasteiger partial charge is 0.235 e. The van der Waals surface area contributed by atoms with Crippen molar-refractivity contribution in [1.82, 2.24) is 19.7 Å². The fraction of sp³-hybridized carbons (Fsp3) is 0.235. The second-order valence-electron chi connectivity index (χ2n) is 5.45. The van der Waals surface area contributed by atoms with Gasteiger partial charge in [-0.1, -0.05) is 30.0 Å². The minimum atomic E-state index is -0.267. The minimum absolute atomic E-state index is 0.0298. The first-order valence-electron chi connectivity index (χ1n) is 7.50. The summed E-state index contributed by atoms with van der Waals surface area (Å²) in [5, 5.41) is 8.92. The molecule has 0 aliphatic heterocycles. The third-order valence-corrected chi connectivity index (χ3v) is 4.49. The molecule has 6 nitrogen and oxygen atoms in total. The van der Waals surface area contributed by atoms with Gasteiger partial charge in [0.15, 0.2) is 10.9 Å². The molecule has 7 heteroatoms. The number of furan rings is 1. The number of benzene rings is 1. The third kappa shape index (κ3) is 3.21. The Kier molecular flexibility index (Phi) is 4.71. The van der Waals surface area contributed by atoms with Gasteiger partial charge in [0.25, 0.3) is 0 Å². The number of rotatable bonds is 5. The van der Waals surface area contributed by atoms with E-state index in [0.717, 1.165) is 5.69 Å². The van der Waals surface area contributed by atoms with Gasteiger partial charge in [-0.15, -0.1) is 10.2 Å². The van der Waals surface area contributed by atoms with Gasteiger partial charge in [0.2, 0.25) is 11.7 Å². The van der Waals surface area contributed by atoms with Gasteiger partial charge in [0.1, 0.15) is 0 Å². The van der Waals surface area contributed by atoms with Crippen LogP contribution in [0.5, 0.6) is 0 Å². The molecule has 0 fully saturated rings. The van der Waals surface area contributed by atoms with Gasteiger partial charge in [-0.2, -0.15) is 0 Å². The normalized spacial score (nSPS) is 12.1. The lowest BCUT2D eigenvalue weighted by atomic mass is 10.3. The van der Waals surface area contributed by atoms with E-state index in [1.54, 1.807) is 25.3 Å². The van der Waals surface area contributed by atoms with Crippen LogP contribution in [0.3, 0.4) is 0 Å². The molecule has 0 spiro atoms. The van der Waals surface area contributed by atoms with Crippen molar-refractivity contribution in [2.24, 2.45) is 0 Å². The van der Waals surface area contributed by atoms with Crippen molar-refractivity contribution in [2.75, 3.05) is 14.1 Å². The molecular formula is C17H18N4O2S. The van der Waals surface area contributed by atoms with Gasteiger partial charge in [-0.05, 0) is 31.2 Å². The van der Waals surface area contributed by atoms with Crippen molar-refractivity contribution in [1.29, 1.82) is 0 Å². The molecular weight excluding hydrogens is 324 g/mol. The zero-order chi connectivity index (χ0) is 17.1. The molecule has 0 unspecified atom stereocenters. The van der Waals surface area contributed by atoms with E-state index in [-0.39, 0.29) is 11.2 Å². The van der Waals surface area contributed by atoms with Crippen LogP contribution in [0.1, 0.15) is 6.92 Å². The zero-order valence-electron chi connectivity index (χ0n) is 13.7. The number of nitrogens with zero attached hydrogens (tertiary/aromatic N) is 4. The maximum absolute atomic E-state index is 12.2. The summed E-state index contributed by atoms with van der Waals surface area (Å²) in [4.78, 5) is 13.7. The van der Waals surface area contributed by atoms with Crippen LogP contribution in [0.25, 0.3) is 17.3 Å². The Balaban J connectivity index is 2.03. The molecule has 3 aromatic rings. The summed E-state index contributed by atoms with van der Waals surface area (Å²) in [6, 6.07) is 13.4. The van der Waals surface area contributed by atoms with Gasteiger partial charge < -0.3 is 9.32 Å². The first kappa shape index (κ1) is 16.3. The molecule has 1 amide bonds. The first-order chi connectivity index (χ1) is 11.6. The lowest BCUT2D eigenvalue weighted by molar-refractivity contribution is -0.127. The van der Waals surface area contributed by atoms with Crippen molar-refractivity contribution in [3.8, 4) is 17.3 Å². The Hall–Kier alpha value is -2.54. The number of carbonyl (C=O) groups excluding carboxylic acids is 1. The molecule has 1 atom stereocenters. The molecule has 3 rings (SSSR count). The predicted octanol–water partition coefficient (Wildman–Crippen LogP) is 3.10. The number of para-hydroxylation sites is 1. The Morgan fingerprint density at radius 1 is 1.17 bits per heavy atom. The number of aromatic nitrogens is 3. The quantitative estimate of drug-likeness (QED) is 0.667. The van der Waals surface area contributed by atoms with E-state index in [4.69, 9.17) is 4.42 Å². The van der Waals surface area contributed by atoms with E-state index >= 15 is 0 Å². The van der Waals surface area contributed by atoms with Crippen LogP contribution in [-0.4, -0.2) is 44.9 Å². The van der Waals surface area contributed by atoms with E-state index in [9.17, 15) is 4.79 Å². The molecule has 0 N–H and O–H groups in total. The average Bonchev–Trinajstić information content (AvgIpc) is 3.24. The Labute approximate surface area is 144 Å². The Morgan fingerprint density at radius 3 is 2.54 bits per heavy atom. The van der Waals surface area contributed by atoms with Crippen LogP contribution >= 0.6 is 11.8 Å². The molecule has 0 saturated heterocycles. The van der Waals surface area contributed by atoms with E-state index in [0.29, 0.717) is 16.7 Å². The number of amides is 1. The Bertz CT molecular complexity index is 813. The fourth-order valence-corrected chi connectivity index (χ4v) is 3.31. The summed E-state index contributed by atoms with van der Waals surface area (Å²) in [6.07, 6.45) is 1.60. The van der Waals surface area contributed by atoms with E-state index < -0.39 is 0 Å². The second kappa shape index (κ2) is 6.92. The highest BCUT2D eigenvalue weighted by molar-refractivity contribution is 8.00. The number of carbonyl (C=O) groups is 1. The van der Waals surface area contributed by atoms with Crippen molar-refractivity contribution in [3.63, 3.8) is 0 Å². The molecule has 2 aromatic heterocycles. The lowest BCUT2D eigenvalue weighted by Gasteiger charge is -2.16. The molecule has 0 bridgehead atoms. The lowest BCUT2D eigenvalue weighted by Crippen LogP contribution is -2.29. The number of hydrogen-bond donors (Lipinski definition) is 0. The van der Waals surface area contributed by atoms with Crippen LogP contribution in [0, 0.1) is 0 Å². The first-order valence-corrected chi connectivity index (χ1v) is 8.38. The SMILES string of the molecule is C[C@H](Sc1nnc(-c2ccco2)n1-c1ccccc1)C(=O)N(C)C. The summed E-state index contributed by atoms with van der Waals surface area (Å²) in [5.41, 5.74) is 0.918. The summed E-state index contributed by atoms with van der Waals surface area (Å²) in [7, 11) is 3.49. The van der Waals surface area contributed by atoms with Crippen LogP contribution < -0.4 is 0 Å². The van der Waals surface area contributed by atoms with Crippen LogP contribution in [-0.2, 0) is 4.79 Å². The maximum atomic E-state index is 12.2. The molecule has 2 heterocycles. The molecule has 0 radical (unpaired) electrons. The van der Waals surface area contributed by atoms with Crippen molar-refractivity contribution < 1.29 is 9.21 Å². The minimum Gasteiger partial charge on any atom is -0.461 e. The summed E-state index contributed by atoms with van der Waals surface area (Å²) in [5.74, 6) is 1.27. The molecule has 0 aliphatic rings. The monoisotopic (exact) mass is 342 g/mol. The van der Waals surface area contributed by atoms with E-state index in [1.807, 2.05) is 54.0 Å². The highest BCUT2D eigenvalue weighted by Gasteiger charge is 2.23. The molecule has 1 aromatic carbocycles. The van der Waals surface area contributed by atoms with Crippen LogP contribution in [0.4, 0.5) is 0 Å². The largest absolute Gasteiger partial charge is 0.461 e. The van der Waals surface area contributed by atoms with Gasteiger partial charge in [-0.3, -0.25) is 9.36 Å². The third-order valence-electron chi connectivity index (χ3n) is 3.46. The zero-order valence-corrected chi connectivity index (χ0v) is 14.5. The van der Waals surface area contributed by atoms with E-state index in [2.05, 4.69) is 10.2 Å². The van der Waals surface area contributed by atoms with Crippen molar-refractivity contribution >= 4 is 17.7 Å². The van der Waals surface area contributed by atoms with Gasteiger partial charge in [0.05, 0.1) is 11.5 Å². The van der Waals surface area contributed by atoms with Crippen molar-refractivity contribution in [3.05, 3.63) is 48.7 Å². The van der Waals surface area contributed by atoms with Crippen LogP contribution in [0.2, 0.25) is 0 Å². The fourth-order valence-electron chi connectivity index (χ4n) is 2.29. The molecule has 0 saturated carbocycles. The van der Waals surface area contributed by atoms with Crippen LogP contribution in [0.15, 0.2) is 58.3 Å². The highest BCUT2D eigenvalue weighted by Crippen LogP contribution is 2.30. The Morgan fingerprint density at radius 2 is 1.92 bits per heavy atom. The molecule has 24 heavy (non-hydrogen) atoms. The van der Waals surface area contributed by atoms with E-state index in [1.165, 1.54) is 11.8 Å². The summed E-state index contributed by atoms with van der Waals surface area (Å²) in [6.45, 7) is 1.86. The van der Waals surface area contributed by atoms with Gasteiger partial charge >= 0.3 is 0 Å². The maximum Gasteiger partial charge on any atom is 0.235 e. The van der Waals surface area contributed by atoms with Gasteiger partial charge in [0, 0.05) is 19.8 Å². The second-order valence-corrected chi connectivity index (χ2v) is 6.76. The summed E-state index contributed by atoms with van der Waals surface area (Å²) >= 11 is 1.38. The summed E-state index contributed by atoms with van der Waals surface area (Å²) < 4.78 is 7.38. The van der Waals surface area contributed by atoms with Gasteiger partial charge in [-0.25, -0.2) is 0 Å². The average molecular weight is 342 g/mol. The highest BCUT2D eigenvalue weighted by atomic mass is 32.2. The standard InChI is InChI=1S/C17H18N4O2S/c1-12(16(22)20(2)3)24-17-19-18-15(14-10-7-11-23-14)21(17)13-8-5-4-6-9-13/h4-12H,1-3H3/t12-/m0/s1. The molecule has 124 valence electrons. The topological polar surface area (TPSA) is 64.2 Å². The number of hydrogen-bond acceptors (Lipinski definition) is 5. The molecule has 0 aliphatic carbocycles. The number of thioether (sulfide) groups is 1. The predicted molar refractivity (Wildman–Crippen MR) is 93.1 cm³/mol. The van der Waals surface area contributed by atoms with Crippen molar-refractivity contribution in [2.45, 2.75) is 17.3 Å².